The smallest absolute Gasteiger partial charge is 0.227 e. The first kappa shape index (κ1) is 25.3. The third-order valence-electron chi connectivity index (χ3n) is 7.09. The molecule has 1 amide bonds. The van der Waals surface area contributed by atoms with Crippen LogP contribution in [-0.2, 0) is 11.2 Å². The molecule has 188 valence electrons. The van der Waals surface area contributed by atoms with Gasteiger partial charge in [0.1, 0.15) is 11.6 Å². The molecule has 2 aliphatic heterocycles. The van der Waals surface area contributed by atoms with E-state index in [2.05, 4.69) is 16.7 Å². The molecule has 0 aliphatic carbocycles. The van der Waals surface area contributed by atoms with E-state index in [4.69, 9.17) is 4.74 Å². The van der Waals surface area contributed by atoms with Gasteiger partial charge < -0.3 is 14.5 Å². The Hall–Kier alpha value is -2.77. The first-order valence-corrected chi connectivity index (χ1v) is 12.7. The molecule has 0 aromatic heterocycles. The van der Waals surface area contributed by atoms with Gasteiger partial charge in [-0.1, -0.05) is 12.1 Å². The van der Waals surface area contributed by atoms with Gasteiger partial charge in [0, 0.05) is 44.3 Å². The Bertz CT molecular complexity index is 972. The number of carbonyl (C=O) groups excluding carboxylic acids is 2. The molecule has 1 atom stereocenters. The van der Waals surface area contributed by atoms with Crippen LogP contribution in [0.3, 0.4) is 0 Å². The number of hydrogen-bond acceptors (Lipinski definition) is 5. The molecule has 7 heteroatoms. The molecule has 2 heterocycles. The van der Waals surface area contributed by atoms with Crippen LogP contribution in [0, 0.1) is 5.82 Å². The fourth-order valence-electron chi connectivity index (χ4n) is 4.86. The summed E-state index contributed by atoms with van der Waals surface area (Å²) in [4.78, 5) is 31.7. The highest BCUT2D eigenvalue weighted by Crippen LogP contribution is 2.17. The van der Waals surface area contributed by atoms with Crippen molar-refractivity contribution >= 4 is 11.7 Å². The Labute approximate surface area is 207 Å². The molecule has 0 bridgehead atoms. The average Bonchev–Trinajstić information content (AvgIpc) is 3.28. The second-order valence-corrected chi connectivity index (χ2v) is 9.64. The molecule has 0 unspecified atom stereocenters. The zero-order chi connectivity index (χ0) is 24.6. The minimum Gasteiger partial charge on any atom is -0.494 e. The predicted octanol–water partition coefficient (Wildman–Crippen LogP) is 3.65. The Kier molecular flexibility index (Phi) is 8.88. The number of Topliss-reactive ketones (excluding diaryl/α,β-unsaturated/α-hetero) is 1. The summed E-state index contributed by atoms with van der Waals surface area (Å²) in [6.45, 7) is 8.10. The summed E-state index contributed by atoms with van der Waals surface area (Å²) in [6.07, 6.45) is 3.86. The first-order chi connectivity index (χ1) is 17.0. The van der Waals surface area contributed by atoms with Gasteiger partial charge in [0.05, 0.1) is 19.6 Å². The third-order valence-corrected chi connectivity index (χ3v) is 7.09. The summed E-state index contributed by atoms with van der Waals surface area (Å²) in [5.41, 5.74) is 1.49. The van der Waals surface area contributed by atoms with Gasteiger partial charge in [-0.2, -0.15) is 0 Å². The summed E-state index contributed by atoms with van der Waals surface area (Å²) < 4.78 is 18.9. The maximum atomic E-state index is 13.1. The summed E-state index contributed by atoms with van der Waals surface area (Å²) in [5, 5.41) is 0. The molecule has 6 nitrogen and oxygen atoms in total. The Balaban J connectivity index is 1.15. The number of amides is 1. The Morgan fingerprint density at radius 2 is 1.69 bits per heavy atom. The molecule has 2 fully saturated rings. The van der Waals surface area contributed by atoms with Gasteiger partial charge in [-0.05, 0) is 74.7 Å². The van der Waals surface area contributed by atoms with Crippen LogP contribution in [0.15, 0.2) is 48.5 Å². The fraction of sp³-hybridized carbons (Fsp3) is 0.500. The van der Waals surface area contributed by atoms with Crippen LogP contribution in [0.4, 0.5) is 4.39 Å². The van der Waals surface area contributed by atoms with Gasteiger partial charge in [0.2, 0.25) is 5.91 Å². The van der Waals surface area contributed by atoms with E-state index in [-0.39, 0.29) is 23.9 Å². The quantitative estimate of drug-likeness (QED) is 0.383. The zero-order valence-corrected chi connectivity index (χ0v) is 20.6. The number of benzene rings is 2. The molecule has 0 saturated carbocycles. The first-order valence-electron chi connectivity index (χ1n) is 12.7. The predicted molar refractivity (Wildman–Crippen MR) is 134 cm³/mol. The van der Waals surface area contributed by atoms with Gasteiger partial charge in [-0.15, -0.1) is 0 Å². The largest absolute Gasteiger partial charge is 0.494 e. The molecule has 2 aromatic rings. The number of hydrogen-bond donors (Lipinski definition) is 0. The van der Waals surface area contributed by atoms with Crippen LogP contribution in [-0.4, -0.2) is 84.9 Å². The number of ketones is 1. The minimum absolute atomic E-state index is 0.0353. The Morgan fingerprint density at radius 1 is 0.971 bits per heavy atom. The van der Waals surface area contributed by atoms with Gasteiger partial charge in [0.15, 0.2) is 5.78 Å². The average molecular weight is 482 g/mol. The van der Waals surface area contributed by atoms with E-state index in [0.717, 1.165) is 24.3 Å². The van der Waals surface area contributed by atoms with Crippen LogP contribution in [0.2, 0.25) is 0 Å². The minimum atomic E-state index is -0.302. The van der Waals surface area contributed by atoms with Crippen LogP contribution >= 0.6 is 0 Å². The van der Waals surface area contributed by atoms with Crippen molar-refractivity contribution in [2.24, 2.45) is 0 Å². The molecule has 2 aliphatic rings. The lowest BCUT2D eigenvalue weighted by Crippen LogP contribution is -2.50. The highest BCUT2D eigenvalue weighted by atomic mass is 19.1. The molecule has 2 saturated heterocycles. The lowest BCUT2D eigenvalue weighted by molar-refractivity contribution is -0.132. The SMILES string of the molecule is C[C@@H]1CCCN1CCCOc1ccc(C(=O)CN2CCN(C(=O)Cc3ccc(F)cc3)CC2)cc1. The van der Waals surface area contributed by atoms with Crippen molar-refractivity contribution in [3.8, 4) is 5.75 Å². The van der Waals surface area contributed by atoms with E-state index < -0.39 is 0 Å². The lowest BCUT2D eigenvalue weighted by Gasteiger charge is -2.34. The molecule has 2 aromatic carbocycles. The van der Waals surface area contributed by atoms with Crippen molar-refractivity contribution < 1.29 is 18.7 Å². The van der Waals surface area contributed by atoms with Crippen molar-refractivity contribution in [1.82, 2.24) is 14.7 Å². The normalized spacial score (nSPS) is 19.1. The second kappa shape index (κ2) is 12.3. The van der Waals surface area contributed by atoms with Crippen LogP contribution < -0.4 is 4.74 Å². The highest BCUT2D eigenvalue weighted by molar-refractivity contribution is 5.97. The maximum absolute atomic E-state index is 13.1. The van der Waals surface area contributed by atoms with Gasteiger partial charge in [-0.25, -0.2) is 4.39 Å². The maximum Gasteiger partial charge on any atom is 0.227 e. The summed E-state index contributed by atoms with van der Waals surface area (Å²) >= 11 is 0. The van der Waals surface area contributed by atoms with Gasteiger partial charge in [-0.3, -0.25) is 14.5 Å². The van der Waals surface area contributed by atoms with Gasteiger partial charge >= 0.3 is 0 Å². The number of likely N-dealkylation sites (tertiary alicyclic amines) is 1. The van der Waals surface area contributed by atoms with E-state index in [9.17, 15) is 14.0 Å². The van der Waals surface area contributed by atoms with Crippen molar-refractivity contribution in [2.75, 3.05) is 52.4 Å². The summed E-state index contributed by atoms with van der Waals surface area (Å²) in [6, 6.07) is 14.1. The second-order valence-electron chi connectivity index (χ2n) is 9.64. The molecule has 0 spiro atoms. The summed E-state index contributed by atoms with van der Waals surface area (Å²) in [7, 11) is 0. The van der Waals surface area contributed by atoms with E-state index in [1.165, 1.54) is 31.5 Å². The standard InChI is InChI=1S/C28H36FN3O3/c1-22-4-2-13-31(22)14-3-19-35-26-11-7-24(8-12-26)27(33)21-30-15-17-32(18-16-30)28(34)20-23-5-9-25(29)10-6-23/h5-12,22H,2-4,13-21H2,1H3/t22-/m1/s1. The van der Waals surface area contributed by atoms with Crippen molar-refractivity contribution in [1.29, 1.82) is 0 Å². The van der Waals surface area contributed by atoms with E-state index >= 15 is 0 Å². The molecular weight excluding hydrogens is 445 g/mol. The molecule has 0 radical (unpaired) electrons. The number of rotatable bonds is 10. The van der Waals surface area contributed by atoms with Crippen LogP contribution in [0.5, 0.6) is 5.75 Å². The zero-order valence-electron chi connectivity index (χ0n) is 20.6. The highest BCUT2D eigenvalue weighted by Gasteiger charge is 2.23. The van der Waals surface area contributed by atoms with Crippen molar-refractivity contribution in [2.45, 2.75) is 38.6 Å². The molecule has 0 N–H and O–H groups in total. The van der Waals surface area contributed by atoms with Crippen LogP contribution in [0.25, 0.3) is 0 Å². The number of ether oxygens (including phenoxy) is 1. The van der Waals surface area contributed by atoms with E-state index in [1.807, 2.05) is 29.2 Å². The molecular formula is C28H36FN3O3. The topological polar surface area (TPSA) is 53.1 Å². The van der Waals surface area contributed by atoms with Crippen molar-refractivity contribution in [3.05, 3.63) is 65.5 Å². The third kappa shape index (κ3) is 7.36. The van der Waals surface area contributed by atoms with E-state index in [0.29, 0.717) is 50.9 Å². The van der Waals surface area contributed by atoms with Crippen LogP contribution in [0.1, 0.15) is 42.1 Å². The Morgan fingerprint density at radius 3 is 2.34 bits per heavy atom. The number of piperazine rings is 1. The monoisotopic (exact) mass is 481 g/mol. The van der Waals surface area contributed by atoms with E-state index in [1.54, 1.807) is 12.1 Å². The lowest BCUT2D eigenvalue weighted by atomic mass is 10.1. The summed E-state index contributed by atoms with van der Waals surface area (Å²) in [5.74, 6) is 0.604. The number of halogens is 1. The number of nitrogens with zero attached hydrogens (tertiary/aromatic N) is 3. The molecule has 4 rings (SSSR count). The number of carbonyl (C=O) groups is 2. The molecule has 35 heavy (non-hydrogen) atoms. The fourth-order valence-corrected chi connectivity index (χ4v) is 4.86. The van der Waals surface area contributed by atoms with Crippen molar-refractivity contribution in [3.63, 3.8) is 0 Å². The van der Waals surface area contributed by atoms with Gasteiger partial charge in [0.25, 0.3) is 0 Å².